The van der Waals surface area contributed by atoms with Gasteiger partial charge in [0.05, 0.1) is 0 Å². The summed E-state index contributed by atoms with van der Waals surface area (Å²) >= 11 is 0. The molecule has 96 valence electrons. The second-order valence-electron chi connectivity index (χ2n) is 5.58. The van der Waals surface area contributed by atoms with Gasteiger partial charge in [0.15, 0.2) is 0 Å². The highest BCUT2D eigenvalue weighted by Crippen LogP contribution is 2.40. The van der Waals surface area contributed by atoms with Gasteiger partial charge in [-0.3, -0.25) is 4.79 Å². The van der Waals surface area contributed by atoms with E-state index in [0.717, 1.165) is 6.42 Å². The van der Waals surface area contributed by atoms with Crippen LogP contribution in [0.4, 0.5) is 0 Å². The smallest absolute Gasteiger partial charge is 0.222 e. The number of allylic oxidation sites excluding steroid dienone is 3. The van der Waals surface area contributed by atoms with Crippen molar-refractivity contribution in [1.82, 2.24) is 4.90 Å². The summed E-state index contributed by atoms with van der Waals surface area (Å²) in [5, 5.41) is 0. The third-order valence-corrected chi connectivity index (χ3v) is 3.87. The Morgan fingerprint density at radius 1 is 1.41 bits per heavy atom. The number of carbonyl (C=O) groups is 1. The van der Waals surface area contributed by atoms with Crippen molar-refractivity contribution in [2.45, 2.75) is 40.0 Å². The molecule has 0 unspecified atom stereocenters. The molecule has 1 amide bonds. The predicted octanol–water partition coefficient (Wildman–Crippen LogP) is 3.40. The fourth-order valence-corrected chi connectivity index (χ4v) is 2.51. The molecule has 2 atom stereocenters. The van der Waals surface area contributed by atoms with Crippen molar-refractivity contribution in [3.8, 4) is 0 Å². The van der Waals surface area contributed by atoms with Crippen LogP contribution < -0.4 is 0 Å². The van der Waals surface area contributed by atoms with Crippen LogP contribution in [0.15, 0.2) is 23.3 Å². The van der Waals surface area contributed by atoms with Crippen molar-refractivity contribution < 1.29 is 4.79 Å². The van der Waals surface area contributed by atoms with Gasteiger partial charge in [0.25, 0.3) is 0 Å². The minimum absolute atomic E-state index is 0.198. The topological polar surface area (TPSA) is 20.3 Å². The van der Waals surface area contributed by atoms with Crippen molar-refractivity contribution in [1.29, 1.82) is 0 Å². The highest BCUT2D eigenvalue weighted by atomic mass is 16.2. The van der Waals surface area contributed by atoms with E-state index in [0.29, 0.717) is 12.3 Å². The van der Waals surface area contributed by atoms with Crippen molar-refractivity contribution in [2.24, 2.45) is 11.8 Å². The quantitative estimate of drug-likeness (QED) is 0.672. The Labute approximate surface area is 105 Å². The highest BCUT2D eigenvalue weighted by molar-refractivity contribution is 5.76. The molecular weight excluding hydrogens is 210 g/mol. The molecule has 0 heterocycles. The monoisotopic (exact) mass is 235 g/mol. The van der Waals surface area contributed by atoms with Gasteiger partial charge in [-0.25, -0.2) is 0 Å². The molecule has 0 aromatic carbocycles. The zero-order valence-electron chi connectivity index (χ0n) is 11.8. The Morgan fingerprint density at radius 3 is 2.47 bits per heavy atom. The van der Waals surface area contributed by atoms with E-state index >= 15 is 0 Å². The molecule has 0 spiro atoms. The third-order valence-electron chi connectivity index (χ3n) is 3.87. The fraction of sp³-hybridized carbons (Fsp3) is 0.667. The molecule has 17 heavy (non-hydrogen) atoms. The molecule has 0 N–H and O–H groups in total. The lowest BCUT2D eigenvalue weighted by Crippen LogP contribution is -2.29. The maximum Gasteiger partial charge on any atom is 0.222 e. The lowest BCUT2D eigenvalue weighted by molar-refractivity contribution is -0.129. The molecule has 0 saturated heterocycles. The second kappa shape index (κ2) is 5.52. The van der Waals surface area contributed by atoms with Crippen LogP contribution in [-0.4, -0.2) is 24.9 Å². The summed E-state index contributed by atoms with van der Waals surface area (Å²) in [6, 6.07) is 0. The van der Waals surface area contributed by atoms with E-state index < -0.39 is 0 Å². The van der Waals surface area contributed by atoms with Gasteiger partial charge in [0.2, 0.25) is 5.91 Å². The van der Waals surface area contributed by atoms with E-state index in [-0.39, 0.29) is 11.8 Å². The van der Waals surface area contributed by atoms with Crippen LogP contribution in [-0.2, 0) is 4.79 Å². The molecule has 0 bridgehead atoms. The number of amides is 1. The summed E-state index contributed by atoms with van der Waals surface area (Å²) < 4.78 is 0. The van der Waals surface area contributed by atoms with E-state index in [1.807, 2.05) is 14.1 Å². The minimum atomic E-state index is 0.198. The molecule has 0 aromatic rings. The van der Waals surface area contributed by atoms with Gasteiger partial charge < -0.3 is 4.90 Å². The number of nitrogens with zero attached hydrogens (tertiary/aromatic N) is 1. The van der Waals surface area contributed by atoms with Crippen LogP contribution in [0.5, 0.6) is 0 Å². The average Bonchev–Trinajstić information content (AvgIpc) is 2.24. The van der Waals surface area contributed by atoms with Gasteiger partial charge >= 0.3 is 0 Å². The van der Waals surface area contributed by atoms with E-state index in [1.54, 1.807) is 4.90 Å². The SMILES string of the molecule is C=C1[C@H](CC(=O)N(C)C)C(=C(C)C)CC[C@H]1C. The third kappa shape index (κ3) is 3.21. The molecule has 0 aromatic heterocycles. The maximum absolute atomic E-state index is 11.9. The fourth-order valence-electron chi connectivity index (χ4n) is 2.51. The Bertz CT molecular complexity index is 348. The number of carbonyl (C=O) groups excluding carboxylic acids is 1. The molecule has 2 heteroatoms. The lowest BCUT2D eigenvalue weighted by atomic mass is 9.72. The Hall–Kier alpha value is -1.05. The van der Waals surface area contributed by atoms with Crippen LogP contribution in [0, 0.1) is 11.8 Å². The highest BCUT2D eigenvalue weighted by Gasteiger charge is 2.29. The molecule has 1 aliphatic rings. The summed E-state index contributed by atoms with van der Waals surface area (Å²) in [5.41, 5.74) is 4.03. The Morgan fingerprint density at radius 2 is 2.00 bits per heavy atom. The zero-order chi connectivity index (χ0) is 13.2. The lowest BCUT2D eigenvalue weighted by Gasteiger charge is -2.34. The van der Waals surface area contributed by atoms with E-state index in [1.165, 1.54) is 23.1 Å². The average molecular weight is 235 g/mol. The molecular formula is C15H25NO. The second-order valence-corrected chi connectivity index (χ2v) is 5.58. The largest absolute Gasteiger partial charge is 0.349 e. The maximum atomic E-state index is 11.9. The Kier molecular flexibility index (Phi) is 4.55. The molecule has 1 saturated carbocycles. The van der Waals surface area contributed by atoms with Crippen LogP contribution in [0.3, 0.4) is 0 Å². The molecule has 1 rings (SSSR count). The van der Waals surface area contributed by atoms with Crippen molar-refractivity contribution in [3.63, 3.8) is 0 Å². The Balaban J connectivity index is 2.92. The van der Waals surface area contributed by atoms with Gasteiger partial charge in [-0.15, -0.1) is 0 Å². The van der Waals surface area contributed by atoms with Gasteiger partial charge in [-0.05, 0) is 32.6 Å². The normalized spacial score (nSPS) is 24.8. The summed E-state index contributed by atoms with van der Waals surface area (Å²) in [6.07, 6.45) is 2.87. The number of rotatable bonds is 2. The standard InChI is InChI=1S/C15H25NO/c1-10(2)13-8-7-11(3)12(4)14(13)9-15(17)16(5)6/h11,14H,4,7-9H2,1-3,5-6H3/t11-,14+/m1/s1. The first-order valence-corrected chi connectivity index (χ1v) is 6.39. The van der Waals surface area contributed by atoms with E-state index in [4.69, 9.17) is 0 Å². The zero-order valence-corrected chi connectivity index (χ0v) is 11.8. The van der Waals surface area contributed by atoms with Gasteiger partial charge in [-0.1, -0.05) is 30.2 Å². The molecule has 2 nitrogen and oxygen atoms in total. The van der Waals surface area contributed by atoms with Crippen molar-refractivity contribution >= 4 is 5.91 Å². The summed E-state index contributed by atoms with van der Waals surface area (Å²) in [6.45, 7) is 10.7. The predicted molar refractivity (Wildman–Crippen MR) is 72.7 cm³/mol. The van der Waals surface area contributed by atoms with Crippen LogP contribution in [0.1, 0.15) is 40.0 Å². The molecule has 0 radical (unpaired) electrons. The van der Waals surface area contributed by atoms with Crippen LogP contribution >= 0.6 is 0 Å². The number of hydrogen-bond acceptors (Lipinski definition) is 1. The summed E-state index contributed by atoms with van der Waals surface area (Å²) in [5.74, 6) is 1.00. The molecule has 1 fully saturated rings. The van der Waals surface area contributed by atoms with E-state index in [2.05, 4.69) is 27.4 Å². The van der Waals surface area contributed by atoms with Crippen LogP contribution in [0.25, 0.3) is 0 Å². The van der Waals surface area contributed by atoms with E-state index in [9.17, 15) is 4.79 Å². The summed E-state index contributed by atoms with van der Waals surface area (Å²) in [4.78, 5) is 13.6. The number of hydrogen-bond donors (Lipinski definition) is 0. The van der Waals surface area contributed by atoms with Gasteiger partial charge in [-0.2, -0.15) is 0 Å². The summed E-state index contributed by atoms with van der Waals surface area (Å²) in [7, 11) is 3.64. The van der Waals surface area contributed by atoms with Gasteiger partial charge in [0, 0.05) is 26.4 Å². The van der Waals surface area contributed by atoms with Crippen molar-refractivity contribution in [3.05, 3.63) is 23.3 Å². The first-order valence-electron chi connectivity index (χ1n) is 6.39. The minimum Gasteiger partial charge on any atom is -0.349 e. The van der Waals surface area contributed by atoms with Crippen molar-refractivity contribution in [2.75, 3.05) is 14.1 Å². The molecule has 0 aliphatic heterocycles. The van der Waals surface area contributed by atoms with Crippen LogP contribution in [0.2, 0.25) is 0 Å². The first-order chi connectivity index (χ1) is 7.84. The van der Waals surface area contributed by atoms with Gasteiger partial charge in [0.1, 0.15) is 0 Å². The first kappa shape index (κ1) is 14.0. The molecule has 1 aliphatic carbocycles.